The molecule has 0 atom stereocenters. The molecule has 130 valence electrons. The fourth-order valence-electron chi connectivity index (χ4n) is 2.53. The van der Waals surface area contributed by atoms with E-state index in [2.05, 4.69) is 0 Å². The van der Waals surface area contributed by atoms with Crippen molar-refractivity contribution in [3.05, 3.63) is 51.3 Å². The summed E-state index contributed by atoms with van der Waals surface area (Å²) in [6.07, 6.45) is 0. The molecule has 0 aliphatic carbocycles. The summed E-state index contributed by atoms with van der Waals surface area (Å²) < 4.78 is 11.6. The van der Waals surface area contributed by atoms with E-state index in [1.165, 1.54) is 14.0 Å². The van der Waals surface area contributed by atoms with Crippen LogP contribution in [0.2, 0.25) is 0 Å². The average molecular weight is 342 g/mol. The van der Waals surface area contributed by atoms with Gasteiger partial charge in [0, 0.05) is 6.54 Å². The molecule has 1 heterocycles. The number of ketones is 1. The van der Waals surface area contributed by atoms with Crippen LogP contribution < -0.4 is 15.0 Å². The Labute approximate surface area is 144 Å². The molecule has 0 aliphatic heterocycles. The standard InChI is InChI=1S/C18H18N2O5/c1-4-20-17(22)12(9-19)11(2)16(18(20)23)13(21)10-25-15-8-6-5-7-14(15)24-3/h5-8,23H,4,10H2,1-3H3. The number of hydrogen-bond donors (Lipinski definition) is 1. The number of ether oxygens (including phenoxy) is 2. The highest BCUT2D eigenvalue weighted by Gasteiger charge is 2.23. The van der Waals surface area contributed by atoms with Gasteiger partial charge in [0.25, 0.3) is 5.56 Å². The number of Topliss-reactive ketones (excluding diaryl/α,β-unsaturated/α-hetero) is 1. The topological polar surface area (TPSA) is 102 Å². The van der Waals surface area contributed by atoms with Gasteiger partial charge in [0.05, 0.1) is 12.7 Å². The lowest BCUT2D eigenvalue weighted by Crippen LogP contribution is -2.27. The van der Waals surface area contributed by atoms with E-state index < -0.39 is 17.2 Å². The SMILES string of the molecule is CCn1c(O)c(C(=O)COc2ccccc2OC)c(C)c(C#N)c1=O. The van der Waals surface area contributed by atoms with Crippen LogP contribution in [-0.4, -0.2) is 29.2 Å². The van der Waals surface area contributed by atoms with Gasteiger partial charge in [-0.3, -0.25) is 14.2 Å². The highest BCUT2D eigenvalue weighted by molar-refractivity contribution is 6.01. The van der Waals surface area contributed by atoms with E-state index in [4.69, 9.17) is 9.47 Å². The van der Waals surface area contributed by atoms with Crippen molar-refractivity contribution in [3.8, 4) is 23.4 Å². The van der Waals surface area contributed by atoms with Gasteiger partial charge in [-0.05, 0) is 31.5 Å². The van der Waals surface area contributed by atoms with E-state index in [9.17, 15) is 20.0 Å². The van der Waals surface area contributed by atoms with Gasteiger partial charge in [0.1, 0.15) is 11.6 Å². The van der Waals surface area contributed by atoms with Crippen molar-refractivity contribution < 1.29 is 19.4 Å². The van der Waals surface area contributed by atoms with Gasteiger partial charge >= 0.3 is 0 Å². The van der Waals surface area contributed by atoms with E-state index in [-0.39, 0.29) is 29.8 Å². The summed E-state index contributed by atoms with van der Waals surface area (Å²) in [5.41, 5.74) is -0.737. The Morgan fingerprint density at radius 3 is 2.52 bits per heavy atom. The molecular formula is C18H18N2O5. The number of carbonyl (C=O) groups excluding carboxylic acids is 1. The first-order chi connectivity index (χ1) is 12.0. The molecule has 0 aliphatic rings. The predicted molar refractivity (Wildman–Crippen MR) is 90.3 cm³/mol. The molecule has 2 aromatic rings. The minimum absolute atomic E-state index is 0.0899. The number of aromatic nitrogens is 1. The predicted octanol–water partition coefficient (Wildman–Crippen LogP) is 2.02. The number of nitriles is 1. The van der Waals surface area contributed by atoms with Gasteiger partial charge in [0.2, 0.25) is 11.7 Å². The summed E-state index contributed by atoms with van der Waals surface area (Å²) in [6, 6.07) is 8.62. The molecule has 0 saturated heterocycles. The van der Waals surface area contributed by atoms with Gasteiger partial charge in [-0.15, -0.1) is 0 Å². The molecule has 1 N–H and O–H groups in total. The zero-order valence-electron chi connectivity index (χ0n) is 14.2. The number of pyridine rings is 1. The monoisotopic (exact) mass is 342 g/mol. The normalized spacial score (nSPS) is 10.2. The first-order valence-corrected chi connectivity index (χ1v) is 7.61. The second kappa shape index (κ2) is 7.53. The van der Waals surface area contributed by atoms with Crippen molar-refractivity contribution in [1.29, 1.82) is 5.26 Å². The minimum atomic E-state index is -0.623. The zero-order chi connectivity index (χ0) is 18.6. The minimum Gasteiger partial charge on any atom is -0.494 e. The Morgan fingerprint density at radius 1 is 1.32 bits per heavy atom. The van der Waals surface area contributed by atoms with Crippen LogP contribution in [0.25, 0.3) is 0 Å². The van der Waals surface area contributed by atoms with Crippen LogP contribution in [0.1, 0.15) is 28.4 Å². The molecule has 1 aromatic carbocycles. The molecular weight excluding hydrogens is 324 g/mol. The summed E-state index contributed by atoms with van der Waals surface area (Å²) in [5, 5.41) is 19.5. The molecule has 0 saturated carbocycles. The Balaban J connectivity index is 2.40. The molecule has 2 rings (SSSR count). The molecule has 0 bridgehead atoms. The molecule has 1 aromatic heterocycles. The molecule has 25 heavy (non-hydrogen) atoms. The summed E-state index contributed by atoms with van der Waals surface area (Å²) in [4.78, 5) is 24.7. The fraction of sp³-hybridized carbons (Fsp3) is 0.278. The summed E-state index contributed by atoms with van der Waals surface area (Å²) in [5.74, 6) is -0.162. The maximum atomic E-state index is 12.6. The van der Waals surface area contributed by atoms with Crippen LogP contribution in [0, 0.1) is 18.3 Å². The second-order valence-electron chi connectivity index (χ2n) is 5.22. The van der Waals surface area contributed by atoms with E-state index in [1.54, 1.807) is 37.3 Å². The third kappa shape index (κ3) is 3.33. The first kappa shape index (κ1) is 18.1. The molecule has 0 radical (unpaired) electrons. The maximum Gasteiger partial charge on any atom is 0.271 e. The number of aromatic hydroxyl groups is 1. The number of nitrogens with zero attached hydrogens (tertiary/aromatic N) is 2. The second-order valence-corrected chi connectivity index (χ2v) is 5.22. The van der Waals surface area contributed by atoms with Gasteiger partial charge in [-0.25, -0.2) is 0 Å². The third-order valence-electron chi connectivity index (χ3n) is 3.82. The quantitative estimate of drug-likeness (QED) is 0.806. The van der Waals surface area contributed by atoms with Crippen molar-refractivity contribution in [2.24, 2.45) is 0 Å². The van der Waals surface area contributed by atoms with Crippen LogP contribution in [0.5, 0.6) is 17.4 Å². The molecule has 0 spiro atoms. The fourth-order valence-corrected chi connectivity index (χ4v) is 2.53. The van der Waals surface area contributed by atoms with Crippen LogP contribution in [-0.2, 0) is 6.54 Å². The highest BCUT2D eigenvalue weighted by Crippen LogP contribution is 2.27. The van der Waals surface area contributed by atoms with E-state index >= 15 is 0 Å². The van der Waals surface area contributed by atoms with Gasteiger partial charge in [0.15, 0.2) is 18.1 Å². The van der Waals surface area contributed by atoms with E-state index in [1.807, 2.05) is 0 Å². The van der Waals surface area contributed by atoms with E-state index in [0.717, 1.165) is 4.57 Å². The number of hydrogen-bond acceptors (Lipinski definition) is 6. The number of methoxy groups -OCH3 is 1. The van der Waals surface area contributed by atoms with Crippen LogP contribution >= 0.6 is 0 Å². The smallest absolute Gasteiger partial charge is 0.271 e. The molecule has 0 amide bonds. The van der Waals surface area contributed by atoms with E-state index in [0.29, 0.717) is 11.5 Å². The lowest BCUT2D eigenvalue weighted by Gasteiger charge is -2.15. The van der Waals surface area contributed by atoms with Crippen molar-refractivity contribution >= 4 is 5.78 Å². The van der Waals surface area contributed by atoms with Gasteiger partial charge in [-0.2, -0.15) is 5.26 Å². The van der Waals surface area contributed by atoms with Crippen LogP contribution in [0.15, 0.2) is 29.1 Å². The van der Waals surface area contributed by atoms with Crippen molar-refractivity contribution in [3.63, 3.8) is 0 Å². The Kier molecular flexibility index (Phi) is 5.45. The largest absolute Gasteiger partial charge is 0.494 e. The van der Waals surface area contributed by atoms with Crippen LogP contribution in [0.4, 0.5) is 0 Å². The van der Waals surface area contributed by atoms with Gasteiger partial charge in [-0.1, -0.05) is 12.1 Å². The van der Waals surface area contributed by atoms with Crippen molar-refractivity contribution in [1.82, 2.24) is 4.57 Å². The number of carbonyl (C=O) groups is 1. The number of para-hydroxylation sites is 2. The van der Waals surface area contributed by atoms with Gasteiger partial charge < -0.3 is 14.6 Å². The lowest BCUT2D eigenvalue weighted by molar-refractivity contribution is 0.0914. The Hall–Kier alpha value is -3.27. The number of rotatable bonds is 6. The molecule has 0 unspecified atom stereocenters. The Morgan fingerprint density at radius 2 is 1.96 bits per heavy atom. The summed E-state index contributed by atoms with van der Waals surface area (Å²) in [6.45, 7) is 2.85. The molecule has 7 nitrogen and oxygen atoms in total. The Bertz CT molecular complexity index is 909. The lowest BCUT2D eigenvalue weighted by atomic mass is 10.0. The summed E-state index contributed by atoms with van der Waals surface area (Å²) >= 11 is 0. The highest BCUT2D eigenvalue weighted by atomic mass is 16.5. The molecule has 7 heteroatoms. The molecule has 0 fully saturated rings. The third-order valence-corrected chi connectivity index (χ3v) is 3.82. The zero-order valence-corrected chi connectivity index (χ0v) is 14.2. The first-order valence-electron chi connectivity index (χ1n) is 7.61. The van der Waals surface area contributed by atoms with Crippen LogP contribution in [0.3, 0.4) is 0 Å². The summed E-state index contributed by atoms with van der Waals surface area (Å²) in [7, 11) is 1.48. The average Bonchev–Trinajstić information content (AvgIpc) is 2.60. The number of benzene rings is 1. The van der Waals surface area contributed by atoms with Crippen molar-refractivity contribution in [2.45, 2.75) is 20.4 Å². The van der Waals surface area contributed by atoms with Crippen molar-refractivity contribution in [2.75, 3.05) is 13.7 Å². The maximum absolute atomic E-state index is 12.6.